The van der Waals surface area contributed by atoms with Gasteiger partial charge in [-0.2, -0.15) is 5.10 Å². The first kappa shape index (κ1) is 22.3. The van der Waals surface area contributed by atoms with Gasteiger partial charge >= 0.3 is 11.9 Å². The van der Waals surface area contributed by atoms with Gasteiger partial charge in [-0.05, 0) is 47.4 Å². The van der Waals surface area contributed by atoms with Crippen molar-refractivity contribution in [3.05, 3.63) is 100 Å². The lowest BCUT2D eigenvalue weighted by Crippen LogP contribution is -2.09. The third-order valence-electron chi connectivity index (χ3n) is 5.78. The molecule has 33 heavy (non-hydrogen) atoms. The van der Waals surface area contributed by atoms with Crippen molar-refractivity contribution in [3.8, 4) is 0 Å². The number of carbonyl (C=O) groups excluding carboxylic acids is 1. The second kappa shape index (κ2) is 9.69. The molecule has 6 heteroatoms. The van der Waals surface area contributed by atoms with Crippen LogP contribution in [0.2, 0.25) is 0 Å². The van der Waals surface area contributed by atoms with Gasteiger partial charge < -0.3 is 9.84 Å². The first-order valence-electron chi connectivity index (χ1n) is 10.8. The number of benzene rings is 3. The third-order valence-corrected chi connectivity index (χ3v) is 5.78. The van der Waals surface area contributed by atoms with Crippen LogP contribution in [0.4, 0.5) is 0 Å². The Bertz CT molecular complexity index is 1310. The SMILES string of the molecule is Cc1nn(Cc2ccc(CC(=O)OCc3ccc4ccccc4c3)cc2)c(C)c1CC(=O)O. The van der Waals surface area contributed by atoms with Gasteiger partial charge in [0, 0.05) is 11.3 Å². The predicted octanol–water partition coefficient (Wildman–Crippen LogP) is 4.61. The monoisotopic (exact) mass is 442 g/mol. The van der Waals surface area contributed by atoms with Gasteiger partial charge in [0.1, 0.15) is 6.61 Å². The molecule has 0 unspecified atom stereocenters. The molecule has 0 saturated heterocycles. The van der Waals surface area contributed by atoms with Gasteiger partial charge in [0.2, 0.25) is 0 Å². The lowest BCUT2D eigenvalue weighted by Gasteiger charge is -2.08. The zero-order chi connectivity index (χ0) is 23.4. The smallest absolute Gasteiger partial charge is 0.310 e. The van der Waals surface area contributed by atoms with Gasteiger partial charge in [0.15, 0.2) is 0 Å². The van der Waals surface area contributed by atoms with Crippen LogP contribution in [0.1, 0.15) is 33.6 Å². The summed E-state index contributed by atoms with van der Waals surface area (Å²) in [6.07, 6.45) is 0.175. The van der Waals surface area contributed by atoms with Crippen LogP contribution in [0.25, 0.3) is 10.8 Å². The Morgan fingerprint density at radius 1 is 0.879 bits per heavy atom. The second-order valence-corrected chi connectivity index (χ2v) is 8.21. The van der Waals surface area contributed by atoms with Gasteiger partial charge in [0.05, 0.1) is 25.1 Å². The number of fused-ring (bicyclic) bond motifs is 1. The first-order valence-corrected chi connectivity index (χ1v) is 10.8. The highest BCUT2D eigenvalue weighted by Gasteiger charge is 2.14. The minimum atomic E-state index is -0.863. The highest BCUT2D eigenvalue weighted by Crippen LogP contribution is 2.18. The van der Waals surface area contributed by atoms with E-state index in [1.165, 1.54) is 0 Å². The van der Waals surface area contributed by atoms with Crippen molar-refractivity contribution >= 4 is 22.7 Å². The van der Waals surface area contributed by atoms with Crippen molar-refractivity contribution in [2.75, 3.05) is 0 Å². The summed E-state index contributed by atoms with van der Waals surface area (Å²) in [5.41, 5.74) is 5.22. The van der Waals surface area contributed by atoms with Crippen LogP contribution in [0.5, 0.6) is 0 Å². The fraction of sp³-hybridized carbons (Fsp3) is 0.222. The minimum absolute atomic E-state index is 0.0298. The molecule has 0 bridgehead atoms. The molecule has 0 saturated carbocycles. The fourth-order valence-corrected chi connectivity index (χ4v) is 3.94. The van der Waals surface area contributed by atoms with E-state index >= 15 is 0 Å². The van der Waals surface area contributed by atoms with Crippen molar-refractivity contribution < 1.29 is 19.4 Å². The molecule has 4 rings (SSSR count). The summed E-state index contributed by atoms with van der Waals surface area (Å²) in [7, 11) is 0. The molecular formula is C27H26N2O4. The van der Waals surface area contributed by atoms with E-state index in [1.807, 2.05) is 79.2 Å². The number of carboxylic acid groups (broad SMARTS) is 1. The fourth-order valence-electron chi connectivity index (χ4n) is 3.94. The lowest BCUT2D eigenvalue weighted by atomic mass is 10.1. The number of aliphatic carboxylic acids is 1. The maximum Gasteiger partial charge on any atom is 0.310 e. The van der Waals surface area contributed by atoms with E-state index in [0.29, 0.717) is 6.54 Å². The van der Waals surface area contributed by atoms with Crippen molar-refractivity contribution in [1.29, 1.82) is 0 Å². The topological polar surface area (TPSA) is 81.4 Å². The zero-order valence-electron chi connectivity index (χ0n) is 18.7. The lowest BCUT2D eigenvalue weighted by molar-refractivity contribution is -0.144. The van der Waals surface area contributed by atoms with Gasteiger partial charge in [-0.25, -0.2) is 0 Å². The number of rotatable bonds is 8. The van der Waals surface area contributed by atoms with E-state index in [1.54, 1.807) is 0 Å². The van der Waals surface area contributed by atoms with E-state index in [-0.39, 0.29) is 25.4 Å². The molecule has 3 aromatic carbocycles. The van der Waals surface area contributed by atoms with Crippen LogP contribution in [0, 0.1) is 13.8 Å². The number of nitrogens with zero attached hydrogens (tertiary/aromatic N) is 2. The van der Waals surface area contributed by atoms with Crippen LogP contribution < -0.4 is 0 Å². The molecule has 168 valence electrons. The van der Waals surface area contributed by atoms with Crippen LogP contribution >= 0.6 is 0 Å². The average Bonchev–Trinajstić information content (AvgIpc) is 3.06. The maximum atomic E-state index is 12.3. The van der Waals surface area contributed by atoms with E-state index in [0.717, 1.165) is 44.4 Å². The number of aryl methyl sites for hydroxylation is 1. The molecule has 0 fully saturated rings. The average molecular weight is 443 g/mol. The first-order chi connectivity index (χ1) is 15.9. The van der Waals surface area contributed by atoms with Crippen LogP contribution in [-0.4, -0.2) is 26.8 Å². The van der Waals surface area contributed by atoms with E-state index in [2.05, 4.69) is 11.2 Å². The predicted molar refractivity (Wildman–Crippen MR) is 126 cm³/mol. The summed E-state index contributed by atoms with van der Waals surface area (Å²) in [4.78, 5) is 23.4. The molecule has 1 aromatic heterocycles. The second-order valence-electron chi connectivity index (χ2n) is 8.21. The molecule has 1 heterocycles. The van der Waals surface area contributed by atoms with Crippen LogP contribution in [-0.2, 0) is 40.3 Å². The summed E-state index contributed by atoms with van der Waals surface area (Å²) in [5, 5.41) is 15.9. The standard InChI is InChI=1S/C27H26N2O4/c1-18-25(15-26(30)31)19(2)29(28-18)16-21-9-7-20(8-10-21)14-27(32)33-17-22-11-12-23-5-3-4-6-24(23)13-22/h3-13H,14-17H2,1-2H3,(H,30,31). The Balaban J connectivity index is 1.33. The number of hydrogen-bond donors (Lipinski definition) is 1. The van der Waals surface area contributed by atoms with Crippen molar-refractivity contribution in [3.63, 3.8) is 0 Å². The summed E-state index contributed by atoms with van der Waals surface area (Å²) < 4.78 is 7.29. The van der Waals surface area contributed by atoms with Gasteiger partial charge in [0.25, 0.3) is 0 Å². The molecule has 4 aromatic rings. The Hall–Kier alpha value is -3.93. The van der Waals surface area contributed by atoms with Crippen molar-refractivity contribution in [1.82, 2.24) is 9.78 Å². The summed E-state index contributed by atoms with van der Waals surface area (Å²) in [6, 6.07) is 21.9. The molecule has 1 N–H and O–H groups in total. The summed E-state index contributed by atoms with van der Waals surface area (Å²) in [6.45, 7) is 4.50. The van der Waals surface area contributed by atoms with Crippen molar-refractivity contribution in [2.45, 2.75) is 39.8 Å². The van der Waals surface area contributed by atoms with Crippen LogP contribution in [0.15, 0.2) is 66.7 Å². The molecule has 0 aliphatic rings. The molecule has 0 aliphatic heterocycles. The number of hydrogen-bond acceptors (Lipinski definition) is 4. The molecular weight excluding hydrogens is 416 g/mol. The Morgan fingerprint density at radius 2 is 1.55 bits per heavy atom. The third kappa shape index (κ3) is 5.47. The Labute approximate surface area is 192 Å². The van der Waals surface area contributed by atoms with E-state index in [9.17, 15) is 9.59 Å². The minimum Gasteiger partial charge on any atom is -0.481 e. The largest absolute Gasteiger partial charge is 0.481 e. The molecule has 0 amide bonds. The van der Waals surface area contributed by atoms with Gasteiger partial charge in [-0.15, -0.1) is 0 Å². The highest BCUT2D eigenvalue weighted by molar-refractivity contribution is 5.83. The normalized spacial score (nSPS) is 11.0. The molecule has 6 nitrogen and oxygen atoms in total. The van der Waals surface area contributed by atoms with Gasteiger partial charge in [-0.1, -0.05) is 60.7 Å². The zero-order valence-corrected chi connectivity index (χ0v) is 18.7. The Kier molecular flexibility index (Phi) is 6.54. The van der Waals surface area contributed by atoms with E-state index < -0.39 is 5.97 Å². The van der Waals surface area contributed by atoms with Gasteiger partial charge in [-0.3, -0.25) is 14.3 Å². The maximum absolute atomic E-state index is 12.3. The van der Waals surface area contributed by atoms with Crippen molar-refractivity contribution in [2.24, 2.45) is 0 Å². The molecule has 0 spiro atoms. The number of ether oxygens (including phenoxy) is 1. The summed E-state index contributed by atoms with van der Waals surface area (Å²) in [5.74, 6) is -1.13. The highest BCUT2D eigenvalue weighted by atomic mass is 16.5. The number of aromatic nitrogens is 2. The quantitative estimate of drug-likeness (QED) is 0.403. The number of carboxylic acids is 1. The number of esters is 1. The molecule has 0 aliphatic carbocycles. The van der Waals surface area contributed by atoms with E-state index in [4.69, 9.17) is 9.84 Å². The molecule has 0 radical (unpaired) electrons. The molecule has 0 atom stereocenters. The number of carbonyl (C=O) groups is 2. The Morgan fingerprint density at radius 3 is 2.27 bits per heavy atom. The summed E-state index contributed by atoms with van der Waals surface area (Å²) >= 11 is 0. The van der Waals surface area contributed by atoms with Crippen LogP contribution in [0.3, 0.4) is 0 Å².